The highest BCUT2D eigenvalue weighted by Crippen LogP contribution is 2.63. The van der Waals surface area contributed by atoms with Crippen molar-refractivity contribution in [2.75, 3.05) is 13.2 Å². The van der Waals surface area contributed by atoms with Crippen LogP contribution in [0.3, 0.4) is 0 Å². The molecule has 5 aliphatic rings. The SMILES string of the molecule is CC(C)(C)NC(=O)OC12C[C@H]3C[C@H](C1)C1(OCCO1)[C@@H](C3)C2. The monoisotopic (exact) mass is 309 g/mol. The second kappa shape index (κ2) is 4.60. The van der Waals surface area contributed by atoms with E-state index in [1.807, 2.05) is 20.8 Å². The number of alkyl carbamates (subject to hydrolysis) is 1. The van der Waals surface area contributed by atoms with Crippen molar-refractivity contribution in [3.63, 3.8) is 0 Å². The maximum atomic E-state index is 12.3. The van der Waals surface area contributed by atoms with E-state index in [0.717, 1.165) is 32.1 Å². The van der Waals surface area contributed by atoms with Crippen LogP contribution in [0, 0.1) is 17.8 Å². The summed E-state index contributed by atoms with van der Waals surface area (Å²) in [6.45, 7) is 7.33. The van der Waals surface area contributed by atoms with Gasteiger partial charge in [-0.2, -0.15) is 0 Å². The molecule has 1 spiro atoms. The van der Waals surface area contributed by atoms with Gasteiger partial charge in [0.15, 0.2) is 5.79 Å². The van der Waals surface area contributed by atoms with E-state index in [9.17, 15) is 4.79 Å². The van der Waals surface area contributed by atoms with Gasteiger partial charge < -0.3 is 19.5 Å². The Morgan fingerprint density at radius 3 is 2.23 bits per heavy atom. The van der Waals surface area contributed by atoms with Gasteiger partial charge in [0.05, 0.1) is 13.2 Å². The summed E-state index contributed by atoms with van der Waals surface area (Å²) < 4.78 is 18.1. The molecular formula is C17H27NO4. The topological polar surface area (TPSA) is 56.8 Å². The zero-order valence-electron chi connectivity index (χ0n) is 13.8. The van der Waals surface area contributed by atoms with Crippen molar-refractivity contribution in [3.05, 3.63) is 0 Å². The fraction of sp³-hybridized carbons (Fsp3) is 0.941. The molecule has 5 fully saturated rings. The molecule has 1 N–H and O–H groups in total. The summed E-state index contributed by atoms with van der Waals surface area (Å²) in [7, 11) is 0. The number of ether oxygens (including phenoxy) is 3. The molecule has 4 atom stereocenters. The Morgan fingerprint density at radius 1 is 1.09 bits per heavy atom. The molecule has 5 heteroatoms. The van der Waals surface area contributed by atoms with Gasteiger partial charge in [0, 0.05) is 17.4 Å². The van der Waals surface area contributed by atoms with Crippen LogP contribution in [0.5, 0.6) is 0 Å². The normalized spacial score (nSPS) is 41.9. The minimum Gasteiger partial charge on any atom is -0.443 e. The van der Waals surface area contributed by atoms with Crippen molar-refractivity contribution in [2.24, 2.45) is 17.8 Å². The van der Waals surface area contributed by atoms with Gasteiger partial charge in [0.25, 0.3) is 0 Å². The number of hydrogen-bond acceptors (Lipinski definition) is 4. The van der Waals surface area contributed by atoms with Crippen molar-refractivity contribution in [1.82, 2.24) is 5.32 Å². The Hall–Kier alpha value is -0.810. The fourth-order valence-electron chi connectivity index (χ4n) is 5.42. The Morgan fingerprint density at radius 2 is 1.68 bits per heavy atom. The molecule has 1 aliphatic heterocycles. The third kappa shape index (κ3) is 2.24. The van der Waals surface area contributed by atoms with Crippen LogP contribution < -0.4 is 5.32 Å². The Balaban J connectivity index is 1.52. The minimum absolute atomic E-state index is 0.266. The lowest BCUT2D eigenvalue weighted by Gasteiger charge is -2.61. The summed E-state index contributed by atoms with van der Waals surface area (Å²) >= 11 is 0. The predicted octanol–water partition coefficient (Wildman–Crippen LogP) is 2.83. The van der Waals surface area contributed by atoms with Crippen molar-refractivity contribution < 1.29 is 19.0 Å². The van der Waals surface area contributed by atoms with E-state index in [1.165, 1.54) is 0 Å². The van der Waals surface area contributed by atoms with Gasteiger partial charge in [-0.05, 0) is 58.8 Å². The maximum absolute atomic E-state index is 12.3. The standard InChI is InChI=1S/C17H27NO4/c1-15(2,3)18-14(19)22-16-8-11-6-12(9-16)17(13(7-11)10-16)20-4-5-21-17/h11-13H,4-10H2,1-3H3,(H,18,19)/t11-,12+,13-,16?. The number of hydrogen-bond donors (Lipinski definition) is 1. The number of rotatable bonds is 1. The molecule has 5 rings (SSSR count). The number of amides is 1. The molecule has 0 aromatic heterocycles. The third-order valence-corrected chi connectivity index (χ3v) is 5.80. The molecule has 1 saturated heterocycles. The van der Waals surface area contributed by atoms with E-state index in [1.54, 1.807) is 0 Å². The van der Waals surface area contributed by atoms with Gasteiger partial charge in [-0.15, -0.1) is 0 Å². The Kier molecular flexibility index (Phi) is 3.09. The van der Waals surface area contributed by atoms with E-state index >= 15 is 0 Å². The molecule has 4 aliphatic carbocycles. The second-order valence-corrected chi connectivity index (χ2v) is 8.71. The third-order valence-electron chi connectivity index (χ3n) is 5.80. The largest absolute Gasteiger partial charge is 0.443 e. The lowest BCUT2D eigenvalue weighted by Crippen LogP contribution is -2.65. The van der Waals surface area contributed by atoms with Crippen LogP contribution in [0.2, 0.25) is 0 Å². The zero-order chi connectivity index (χ0) is 15.6. The van der Waals surface area contributed by atoms with E-state index < -0.39 is 0 Å². The van der Waals surface area contributed by atoms with Crippen LogP contribution in [0.4, 0.5) is 4.79 Å². The van der Waals surface area contributed by atoms with Crippen molar-refractivity contribution >= 4 is 6.09 Å². The lowest BCUT2D eigenvalue weighted by atomic mass is 9.51. The molecule has 124 valence electrons. The molecule has 4 bridgehead atoms. The number of carbonyl (C=O) groups is 1. The molecule has 1 unspecified atom stereocenters. The minimum atomic E-state index is -0.371. The van der Waals surface area contributed by atoms with Crippen LogP contribution in [-0.2, 0) is 14.2 Å². The second-order valence-electron chi connectivity index (χ2n) is 8.71. The molecular weight excluding hydrogens is 282 g/mol. The van der Waals surface area contributed by atoms with Crippen molar-refractivity contribution in [3.8, 4) is 0 Å². The van der Waals surface area contributed by atoms with Gasteiger partial charge >= 0.3 is 6.09 Å². The summed E-state index contributed by atoms with van der Waals surface area (Å²) in [5, 5.41) is 2.93. The molecule has 4 saturated carbocycles. The van der Waals surface area contributed by atoms with Gasteiger partial charge in [0.1, 0.15) is 5.60 Å². The molecule has 22 heavy (non-hydrogen) atoms. The van der Waals surface area contributed by atoms with E-state index in [-0.39, 0.29) is 23.0 Å². The average molecular weight is 309 g/mol. The number of nitrogens with one attached hydrogen (secondary N) is 1. The Bertz CT molecular complexity index is 460. The van der Waals surface area contributed by atoms with Gasteiger partial charge in [-0.1, -0.05) is 0 Å². The van der Waals surface area contributed by atoms with E-state index in [4.69, 9.17) is 14.2 Å². The molecule has 5 nitrogen and oxygen atoms in total. The van der Waals surface area contributed by atoms with Crippen LogP contribution in [0.25, 0.3) is 0 Å². The quantitative estimate of drug-likeness (QED) is 0.809. The average Bonchev–Trinajstić information content (AvgIpc) is 2.82. The predicted molar refractivity (Wildman–Crippen MR) is 80.3 cm³/mol. The Labute approximate surface area is 132 Å². The maximum Gasteiger partial charge on any atom is 0.408 e. The first-order valence-electron chi connectivity index (χ1n) is 8.59. The lowest BCUT2D eigenvalue weighted by molar-refractivity contribution is -0.312. The van der Waals surface area contributed by atoms with Crippen LogP contribution >= 0.6 is 0 Å². The summed E-state index contributed by atoms with van der Waals surface area (Å²) in [5.74, 6) is 1.04. The highest BCUT2D eigenvalue weighted by Gasteiger charge is 2.66. The fourth-order valence-corrected chi connectivity index (χ4v) is 5.42. The van der Waals surface area contributed by atoms with Crippen LogP contribution in [-0.4, -0.2) is 36.2 Å². The zero-order valence-corrected chi connectivity index (χ0v) is 13.8. The van der Waals surface area contributed by atoms with E-state index in [0.29, 0.717) is 31.0 Å². The van der Waals surface area contributed by atoms with Crippen LogP contribution in [0.15, 0.2) is 0 Å². The molecule has 0 aromatic carbocycles. The summed E-state index contributed by atoms with van der Waals surface area (Å²) in [5.41, 5.74) is -0.565. The van der Waals surface area contributed by atoms with Crippen molar-refractivity contribution in [1.29, 1.82) is 0 Å². The van der Waals surface area contributed by atoms with E-state index in [2.05, 4.69) is 5.32 Å². The summed E-state index contributed by atoms with van der Waals surface area (Å²) in [6.07, 6.45) is 4.81. The summed E-state index contributed by atoms with van der Waals surface area (Å²) in [6, 6.07) is 0. The first kappa shape index (κ1) is 14.8. The first-order valence-corrected chi connectivity index (χ1v) is 8.59. The highest BCUT2D eigenvalue weighted by atomic mass is 16.7. The van der Waals surface area contributed by atoms with Gasteiger partial charge in [-0.25, -0.2) is 4.79 Å². The van der Waals surface area contributed by atoms with Gasteiger partial charge in [-0.3, -0.25) is 0 Å². The van der Waals surface area contributed by atoms with Gasteiger partial charge in [0.2, 0.25) is 0 Å². The van der Waals surface area contributed by atoms with Crippen molar-refractivity contribution in [2.45, 2.75) is 69.8 Å². The van der Waals surface area contributed by atoms with Crippen LogP contribution in [0.1, 0.15) is 52.9 Å². The molecule has 0 aromatic rings. The highest BCUT2D eigenvalue weighted by molar-refractivity contribution is 5.68. The molecule has 1 heterocycles. The number of carbonyl (C=O) groups excluding carboxylic acids is 1. The molecule has 0 radical (unpaired) electrons. The smallest absolute Gasteiger partial charge is 0.408 e. The first-order chi connectivity index (χ1) is 10.3. The summed E-state index contributed by atoms with van der Waals surface area (Å²) in [4.78, 5) is 12.3. The molecule has 1 amide bonds.